The molecule has 8 heteroatoms. The third kappa shape index (κ3) is 4.50. The molecule has 1 aromatic carbocycles. The van der Waals surface area contributed by atoms with Crippen LogP contribution in [0.25, 0.3) is 0 Å². The molecule has 8 nitrogen and oxygen atoms in total. The number of amides is 2. The molecule has 2 aromatic rings. The van der Waals surface area contributed by atoms with Gasteiger partial charge in [0.2, 0.25) is 5.91 Å². The highest BCUT2D eigenvalue weighted by atomic mass is 16.5. The normalized spacial score (nSPS) is 19.2. The Labute approximate surface area is 188 Å². The molecular weight excluding hydrogens is 408 g/mol. The summed E-state index contributed by atoms with van der Waals surface area (Å²) in [4.78, 5) is 25.8. The first-order valence-electron chi connectivity index (χ1n) is 11.3. The summed E-state index contributed by atoms with van der Waals surface area (Å²) >= 11 is 0. The average Bonchev–Trinajstić information content (AvgIpc) is 3.38. The molecule has 1 saturated carbocycles. The number of hydrogen-bond donors (Lipinski definition) is 2. The van der Waals surface area contributed by atoms with Crippen molar-refractivity contribution >= 4 is 11.8 Å². The highest BCUT2D eigenvalue weighted by molar-refractivity contribution is 5.92. The van der Waals surface area contributed by atoms with Crippen molar-refractivity contribution in [3.63, 3.8) is 0 Å². The van der Waals surface area contributed by atoms with Gasteiger partial charge in [-0.25, -0.2) is 0 Å². The molecule has 0 bridgehead atoms. The van der Waals surface area contributed by atoms with Crippen molar-refractivity contribution in [2.24, 2.45) is 0 Å². The van der Waals surface area contributed by atoms with Crippen LogP contribution in [-0.4, -0.2) is 55.0 Å². The van der Waals surface area contributed by atoms with E-state index in [1.165, 1.54) is 6.42 Å². The van der Waals surface area contributed by atoms with Gasteiger partial charge in [-0.2, -0.15) is 5.10 Å². The number of carbonyl (C=O) groups is 2. The van der Waals surface area contributed by atoms with Crippen LogP contribution >= 0.6 is 0 Å². The maximum Gasteiger partial charge on any atom is 0.271 e. The zero-order valence-corrected chi connectivity index (χ0v) is 18.9. The Morgan fingerprint density at radius 3 is 2.56 bits per heavy atom. The molecule has 1 aliphatic carbocycles. The van der Waals surface area contributed by atoms with Crippen molar-refractivity contribution in [3.05, 3.63) is 47.3 Å². The summed E-state index contributed by atoms with van der Waals surface area (Å²) in [7, 11) is 3.24. The Kier molecular flexibility index (Phi) is 6.79. The number of rotatable bonds is 8. The van der Waals surface area contributed by atoms with Crippen LogP contribution in [0.3, 0.4) is 0 Å². The molecule has 32 heavy (non-hydrogen) atoms. The van der Waals surface area contributed by atoms with E-state index in [1.807, 2.05) is 35.0 Å². The van der Waals surface area contributed by atoms with E-state index in [0.29, 0.717) is 31.8 Å². The Morgan fingerprint density at radius 1 is 1.16 bits per heavy atom. The van der Waals surface area contributed by atoms with Gasteiger partial charge in [0.1, 0.15) is 11.4 Å². The van der Waals surface area contributed by atoms with Gasteiger partial charge in [0.05, 0.1) is 31.7 Å². The fraction of sp³-hybridized carbons (Fsp3) is 0.542. The quantitative estimate of drug-likeness (QED) is 0.614. The van der Waals surface area contributed by atoms with Crippen molar-refractivity contribution < 1.29 is 19.1 Å². The van der Waals surface area contributed by atoms with Crippen LogP contribution in [0.15, 0.2) is 30.3 Å². The van der Waals surface area contributed by atoms with Gasteiger partial charge in [-0.1, -0.05) is 31.4 Å². The molecule has 4 rings (SSSR count). The Hall–Kier alpha value is -2.87. The van der Waals surface area contributed by atoms with E-state index in [1.54, 1.807) is 14.2 Å². The van der Waals surface area contributed by atoms with E-state index in [-0.39, 0.29) is 17.9 Å². The molecule has 2 N–H and O–H groups in total. The second kappa shape index (κ2) is 9.73. The number of methoxy groups -OCH3 is 2. The van der Waals surface area contributed by atoms with Crippen LogP contribution in [0.5, 0.6) is 5.75 Å². The summed E-state index contributed by atoms with van der Waals surface area (Å²) in [5.41, 5.74) is 1.93. The third-order valence-electron chi connectivity index (χ3n) is 6.66. The summed E-state index contributed by atoms with van der Waals surface area (Å²) in [6.07, 6.45) is 5.64. The standard InChI is InChI=1S/C24H32N4O4/c1-31-13-12-25-22(29)21-15-19-14-18(16-28(19)27-21)26-23(30)24(10-4-3-5-11-24)17-6-8-20(32-2)9-7-17/h6-9,15,18H,3-5,10-14,16H2,1-2H3,(H,25,29)(H,26,30)/t18-/m0/s1. The van der Waals surface area contributed by atoms with Crippen molar-refractivity contribution in [1.29, 1.82) is 0 Å². The van der Waals surface area contributed by atoms with Gasteiger partial charge in [-0.05, 0) is 36.6 Å². The predicted molar refractivity (Wildman–Crippen MR) is 120 cm³/mol. The molecule has 2 aliphatic rings. The number of fused-ring (bicyclic) bond motifs is 1. The van der Waals surface area contributed by atoms with Gasteiger partial charge >= 0.3 is 0 Å². The molecule has 0 radical (unpaired) electrons. The number of carbonyl (C=O) groups excluding carboxylic acids is 2. The lowest BCUT2D eigenvalue weighted by atomic mass is 9.68. The van der Waals surface area contributed by atoms with E-state index in [0.717, 1.165) is 42.7 Å². The number of hydrogen-bond acceptors (Lipinski definition) is 5. The van der Waals surface area contributed by atoms with Crippen LogP contribution in [0, 0.1) is 0 Å². The third-order valence-corrected chi connectivity index (χ3v) is 6.66. The van der Waals surface area contributed by atoms with Gasteiger partial charge in [-0.3, -0.25) is 14.3 Å². The van der Waals surface area contributed by atoms with E-state index >= 15 is 0 Å². The maximum absolute atomic E-state index is 13.6. The molecule has 0 saturated heterocycles. The smallest absolute Gasteiger partial charge is 0.271 e. The molecule has 2 amide bonds. The number of ether oxygens (including phenoxy) is 2. The van der Waals surface area contributed by atoms with Crippen molar-refractivity contribution in [3.8, 4) is 5.75 Å². The second-order valence-electron chi connectivity index (χ2n) is 8.70. The topological polar surface area (TPSA) is 94.5 Å². The van der Waals surface area contributed by atoms with Gasteiger partial charge in [0, 0.05) is 25.8 Å². The predicted octanol–water partition coefficient (Wildman–Crippen LogP) is 2.21. The Balaban J connectivity index is 1.42. The Bertz CT molecular complexity index is 924. The molecule has 1 atom stereocenters. The molecule has 0 spiro atoms. The fourth-order valence-corrected chi connectivity index (χ4v) is 4.90. The SMILES string of the molecule is COCCNC(=O)c1cc2n(n1)C[C@@H](NC(=O)C1(c3ccc(OC)cc3)CCCCC1)C2. The molecule has 1 fully saturated rings. The van der Waals surface area contributed by atoms with Crippen molar-refractivity contribution in [1.82, 2.24) is 20.4 Å². The van der Waals surface area contributed by atoms with E-state index in [4.69, 9.17) is 9.47 Å². The first-order valence-corrected chi connectivity index (χ1v) is 11.3. The number of benzene rings is 1. The van der Waals surface area contributed by atoms with Crippen LogP contribution in [-0.2, 0) is 27.9 Å². The summed E-state index contributed by atoms with van der Waals surface area (Å²) in [6.45, 7) is 1.48. The zero-order chi connectivity index (χ0) is 22.6. The minimum absolute atomic E-state index is 0.0207. The molecule has 2 heterocycles. The second-order valence-corrected chi connectivity index (χ2v) is 8.70. The van der Waals surface area contributed by atoms with Crippen LogP contribution < -0.4 is 15.4 Å². The van der Waals surface area contributed by atoms with E-state index in [2.05, 4.69) is 15.7 Å². The highest BCUT2D eigenvalue weighted by Crippen LogP contribution is 2.40. The summed E-state index contributed by atoms with van der Waals surface area (Å²) in [5.74, 6) is 0.684. The van der Waals surface area contributed by atoms with Gasteiger partial charge in [-0.15, -0.1) is 0 Å². The monoisotopic (exact) mass is 440 g/mol. The maximum atomic E-state index is 13.6. The highest BCUT2D eigenvalue weighted by Gasteiger charge is 2.42. The number of nitrogens with one attached hydrogen (secondary N) is 2. The van der Waals surface area contributed by atoms with Crippen molar-refractivity contribution in [2.45, 2.75) is 56.5 Å². The summed E-state index contributed by atoms with van der Waals surface area (Å²) in [6, 6.07) is 9.71. The fourth-order valence-electron chi connectivity index (χ4n) is 4.90. The van der Waals surface area contributed by atoms with Gasteiger partial charge in [0.15, 0.2) is 0 Å². The lowest BCUT2D eigenvalue weighted by molar-refractivity contribution is -0.128. The largest absolute Gasteiger partial charge is 0.497 e. The van der Waals surface area contributed by atoms with Gasteiger partial charge < -0.3 is 20.1 Å². The Morgan fingerprint density at radius 2 is 1.91 bits per heavy atom. The molecule has 1 aliphatic heterocycles. The first kappa shape index (κ1) is 22.3. The molecular formula is C24H32N4O4. The van der Waals surface area contributed by atoms with Crippen molar-refractivity contribution in [2.75, 3.05) is 27.4 Å². The molecule has 172 valence electrons. The average molecular weight is 441 g/mol. The number of nitrogens with zero attached hydrogens (tertiary/aromatic N) is 2. The number of aromatic nitrogens is 2. The summed E-state index contributed by atoms with van der Waals surface area (Å²) < 4.78 is 12.1. The molecule has 1 aromatic heterocycles. The first-order chi connectivity index (χ1) is 15.6. The minimum atomic E-state index is -0.498. The van der Waals surface area contributed by atoms with Crippen LogP contribution in [0.1, 0.15) is 53.8 Å². The van der Waals surface area contributed by atoms with E-state index < -0.39 is 5.41 Å². The molecule has 0 unspecified atom stereocenters. The zero-order valence-electron chi connectivity index (χ0n) is 18.9. The minimum Gasteiger partial charge on any atom is -0.497 e. The van der Waals surface area contributed by atoms with Crippen LogP contribution in [0.2, 0.25) is 0 Å². The van der Waals surface area contributed by atoms with Gasteiger partial charge in [0.25, 0.3) is 5.91 Å². The van der Waals surface area contributed by atoms with Crippen LogP contribution in [0.4, 0.5) is 0 Å². The lowest BCUT2D eigenvalue weighted by Crippen LogP contribution is -2.49. The summed E-state index contributed by atoms with van der Waals surface area (Å²) in [5, 5.41) is 10.5. The van der Waals surface area contributed by atoms with E-state index in [9.17, 15) is 9.59 Å². The lowest BCUT2D eigenvalue weighted by Gasteiger charge is -2.37.